The number of carboxylic acid groups (broad SMARTS) is 1. The summed E-state index contributed by atoms with van der Waals surface area (Å²) < 4.78 is 26.0. The summed E-state index contributed by atoms with van der Waals surface area (Å²) in [6.07, 6.45) is 1.59. The number of aromatic nitrogens is 2. The Balaban J connectivity index is 2.43. The molecule has 2 rings (SSSR count). The second kappa shape index (κ2) is 4.91. The lowest BCUT2D eigenvalue weighted by Gasteiger charge is -2.23. The van der Waals surface area contributed by atoms with Crippen molar-refractivity contribution in [2.45, 2.75) is 24.4 Å². The van der Waals surface area contributed by atoms with Crippen molar-refractivity contribution in [3.05, 3.63) is 11.8 Å². The van der Waals surface area contributed by atoms with Crippen molar-refractivity contribution >= 4 is 16.0 Å². The van der Waals surface area contributed by atoms with E-state index < -0.39 is 32.6 Å². The highest BCUT2D eigenvalue weighted by Crippen LogP contribution is 2.30. The lowest BCUT2D eigenvalue weighted by Crippen LogP contribution is -2.40. The smallest absolute Gasteiger partial charge is 0.340 e. The quantitative estimate of drug-likeness (QED) is 0.686. The van der Waals surface area contributed by atoms with Crippen molar-refractivity contribution in [1.82, 2.24) is 14.5 Å². The van der Waals surface area contributed by atoms with Crippen molar-refractivity contribution in [1.29, 1.82) is 0 Å². The first-order chi connectivity index (χ1) is 8.89. The fraction of sp³-hybridized carbons (Fsp3) is 0.600. The molecule has 0 spiro atoms. The van der Waals surface area contributed by atoms with E-state index in [4.69, 9.17) is 5.11 Å². The number of hydrogen-bond donors (Lipinski definition) is 3. The SMILES string of the molecule is CC1CCN(S(=O)(=O)c2[nH]ncc2C(=O)O)C1CO. The van der Waals surface area contributed by atoms with Gasteiger partial charge in [0.2, 0.25) is 0 Å². The van der Waals surface area contributed by atoms with Crippen LogP contribution >= 0.6 is 0 Å². The van der Waals surface area contributed by atoms with Gasteiger partial charge >= 0.3 is 5.97 Å². The highest BCUT2D eigenvalue weighted by Gasteiger charge is 2.41. The summed E-state index contributed by atoms with van der Waals surface area (Å²) in [4.78, 5) is 11.0. The predicted molar refractivity (Wildman–Crippen MR) is 64.1 cm³/mol. The van der Waals surface area contributed by atoms with Gasteiger partial charge in [-0.3, -0.25) is 5.10 Å². The maximum absolute atomic E-state index is 12.4. The van der Waals surface area contributed by atoms with Gasteiger partial charge in [-0.15, -0.1) is 0 Å². The van der Waals surface area contributed by atoms with E-state index in [-0.39, 0.29) is 19.1 Å². The molecule has 0 radical (unpaired) electrons. The summed E-state index contributed by atoms with van der Waals surface area (Å²) in [6.45, 7) is 1.81. The highest BCUT2D eigenvalue weighted by atomic mass is 32.2. The lowest BCUT2D eigenvalue weighted by molar-refractivity contribution is 0.0692. The number of nitrogens with one attached hydrogen (secondary N) is 1. The van der Waals surface area contributed by atoms with Crippen LogP contribution in [0.5, 0.6) is 0 Å². The molecule has 1 aromatic heterocycles. The number of sulfonamides is 1. The van der Waals surface area contributed by atoms with Gasteiger partial charge < -0.3 is 10.2 Å². The molecule has 1 fully saturated rings. The van der Waals surface area contributed by atoms with Crippen LogP contribution in [-0.2, 0) is 10.0 Å². The van der Waals surface area contributed by atoms with E-state index in [2.05, 4.69) is 10.2 Å². The Morgan fingerprint density at radius 3 is 2.89 bits per heavy atom. The Morgan fingerprint density at radius 2 is 2.32 bits per heavy atom. The molecule has 0 saturated carbocycles. The van der Waals surface area contributed by atoms with Crippen molar-refractivity contribution in [2.24, 2.45) is 5.92 Å². The van der Waals surface area contributed by atoms with E-state index in [9.17, 15) is 18.3 Å². The molecule has 1 saturated heterocycles. The number of carboxylic acids is 1. The number of H-pyrrole nitrogens is 1. The average molecular weight is 289 g/mol. The van der Waals surface area contributed by atoms with Crippen molar-refractivity contribution < 1.29 is 23.4 Å². The van der Waals surface area contributed by atoms with Crippen LogP contribution in [0.1, 0.15) is 23.7 Å². The predicted octanol–water partition coefficient (Wildman–Crippen LogP) is -0.501. The minimum atomic E-state index is -3.99. The molecule has 19 heavy (non-hydrogen) atoms. The number of hydrogen-bond acceptors (Lipinski definition) is 5. The second-order valence-corrected chi connectivity index (χ2v) is 6.38. The number of rotatable bonds is 4. The summed E-state index contributed by atoms with van der Waals surface area (Å²) in [6, 6.07) is -0.532. The number of aromatic amines is 1. The van der Waals surface area contributed by atoms with E-state index in [0.29, 0.717) is 6.42 Å². The molecule has 0 aromatic carbocycles. The zero-order chi connectivity index (χ0) is 14.2. The fourth-order valence-electron chi connectivity index (χ4n) is 2.28. The Morgan fingerprint density at radius 1 is 1.63 bits per heavy atom. The summed E-state index contributed by atoms with van der Waals surface area (Å²) >= 11 is 0. The largest absolute Gasteiger partial charge is 0.478 e. The molecule has 2 atom stereocenters. The monoisotopic (exact) mass is 289 g/mol. The van der Waals surface area contributed by atoms with Crippen molar-refractivity contribution in [3.8, 4) is 0 Å². The Labute approximate surface area is 110 Å². The molecule has 0 amide bonds. The molecule has 8 nitrogen and oxygen atoms in total. The second-order valence-electron chi connectivity index (χ2n) is 4.55. The van der Waals surface area contributed by atoms with Crippen molar-refractivity contribution in [3.63, 3.8) is 0 Å². The van der Waals surface area contributed by atoms with Gasteiger partial charge in [0, 0.05) is 6.54 Å². The zero-order valence-corrected chi connectivity index (χ0v) is 11.1. The maximum Gasteiger partial charge on any atom is 0.340 e. The summed E-state index contributed by atoms with van der Waals surface area (Å²) in [5.41, 5.74) is -0.392. The molecule has 0 bridgehead atoms. The standard InChI is InChI=1S/C10H15N3O5S/c1-6-2-3-13(8(6)5-14)19(17,18)9-7(10(15)16)4-11-12-9/h4,6,8,14H,2-3,5H2,1H3,(H,11,12)(H,15,16). The molecule has 106 valence electrons. The number of aromatic carboxylic acids is 1. The molecular formula is C10H15N3O5S. The van der Waals surface area contributed by atoms with Gasteiger partial charge in [-0.05, 0) is 12.3 Å². The molecular weight excluding hydrogens is 274 g/mol. The molecule has 2 unspecified atom stereocenters. The molecule has 0 aliphatic carbocycles. The molecule has 3 N–H and O–H groups in total. The first kappa shape index (κ1) is 14.0. The van der Waals surface area contributed by atoms with Gasteiger partial charge in [0.1, 0.15) is 5.56 Å². The van der Waals surface area contributed by atoms with E-state index in [1.807, 2.05) is 6.92 Å². The first-order valence-electron chi connectivity index (χ1n) is 5.79. The van der Waals surface area contributed by atoms with E-state index in [1.165, 1.54) is 0 Å². The van der Waals surface area contributed by atoms with Gasteiger partial charge in [0.05, 0.1) is 18.8 Å². The Kier molecular flexibility index (Phi) is 3.61. The van der Waals surface area contributed by atoms with Crippen LogP contribution in [-0.4, -0.2) is 58.3 Å². The number of carbonyl (C=O) groups is 1. The third-order valence-electron chi connectivity index (χ3n) is 3.42. The van der Waals surface area contributed by atoms with Crippen LogP contribution in [0.25, 0.3) is 0 Å². The average Bonchev–Trinajstić information content (AvgIpc) is 2.94. The van der Waals surface area contributed by atoms with Crippen LogP contribution in [0.15, 0.2) is 11.2 Å². The molecule has 1 aliphatic heterocycles. The third kappa shape index (κ3) is 2.24. The normalized spacial score (nSPS) is 24.7. The number of aliphatic hydroxyl groups excluding tert-OH is 1. The third-order valence-corrected chi connectivity index (χ3v) is 5.32. The van der Waals surface area contributed by atoms with Crippen LogP contribution in [0.4, 0.5) is 0 Å². The Bertz CT molecular complexity index is 582. The first-order valence-corrected chi connectivity index (χ1v) is 7.23. The topological polar surface area (TPSA) is 124 Å². The minimum absolute atomic E-state index is 0.0241. The summed E-state index contributed by atoms with van der Waals surface area (Å²) in [7, 11) is -3.99. The van der Waals surface area contributed by atoms with Crippen LogP contribution < -0.4 is 0 Å². The van der Waals surface area contributed by atoms with Crippen LogP contribution in [0, 0.1) is 5.92 Å². The van der Waals surface area contributed by atoms with E-state index in [1.54, 1.807) is 0 Å². The molecule has 1 aliphatic rings. The van der Waals surface area contributed by atoms with Gasteiger partial charge in [-0.25, -0.2) is 13.2 Å². The number of nitrogens with zero attached hydrogens (tertiary/aromatic N) is 2. The van der Waals surface area contributed by atoms with Crippen LogP contribution in [0.3, 0.4) is 0 Å². The van der Waals surface area contributed by atoms with E-state index in [0.717, 1.165) is 10.5 Å². The van der Waals surface area contributed by atoms with Crippen molar-refractivity contribution in [2.75, 3.05) is 13.2 Å². The molecule has 2 heterocycles. The highest BCUT2D eigenvalue weighted by molar-refractivity contribution is 7.89. The maximum atomic E-state index is 12.4. The van der Waals surface area contributed by atoms with E-state index >= 15 is 0 Å². The van der Waals surface area contributed by atoms with Crippen LogP contribution in [0.2, 0.25) is 0 Å². The molecule has 9 heteroatoms. The van der Waals surface area contributed by atoms with Gasteiger partial charge in [-0.1, -0.05) is 6.92 Å². The number of aliphatic hydroxyl groups is 1. The Hall–Kier alpha value is -1.45. The molecule has 1 aromatic rings. The fourth-order valence-corrected chi connectivity index (χ4v) is 4.08. The van der Waals surface area contributed by atoms with Gasteiger partial charge in [-0.2, -0.15) is 9.40 Å². The summed E-state index contributed by atoms with van der Waals surface area (Å²) in [5, 5.41) is 23.5. The lowest BCUT2D eigenvalue weighted by atomic mass is 10.0. The minimum Gasteiger partial charge on any atom is -0.478 e. The zero-order valence-electron chi connectivity index (χ0n) is 10.3. The van der Waals surface area contributed by atoms with Gasteiger partial charge in [0.15, 0.2) is 5.03 Å². The summed E-state index contributed by atoms with van der Waals surface area (Å²) in [5.74, 6) is -1.34. The van der Waals surface area contributed by atoms with Gasteiger partial charge in [0.25, 0.3) is 10.0 Å².